The Morgan fingerprint density at radius 3 is 2.69 bits per heavy atom. The van der Waals surface area contributed by atoms with Crippen molar-refractivity contribution >= 4 is 17.3 Å². The maximum atomic E-state index is 12.4. The van der Waals surface area contributed by atoms with Gasteiger partial charge in [-0.15, -0.1) is 0 Å². The van der Waals surface area contributed by atoms with Crippen molar-refractivity contribution in [2.75, 3.05) is 25.1 Å². The van der Waals surface area contributed by atoms with Gasteiger partial charge in [-0.1, -0.05) is 20.8 Å². The minimum Gasteiger partial charge on any atom is -0.492 e. The number of carbonyl (C=O) groups is 1. The zero-order valence-electron chi connectivity index (χ0n) is 15.7. The Hall–Kier alpha value is -2.85. The number of aliphatic hydroxyl groups is 1. The summed E-state index contributed by atoms with van der Waals surface area (Å²) in [5.41, 5.74) is 6.88. The third-order valence-electron chi connectivity index (χ3n) is 3.27. The summed E-state index contributed by atoms with van der Waals surface area (Å²) in [4.78, 5) is 16.4. The van der Waals surface area contributed by atoms with E-state index in [2.05, 4.69) is 16.4 Å². The molecular weight excluding hydrogens is 332 g/mol. The molecule has 0 aliphatic carbocycles. The van der Waals surface area contributed by atoms with Crippen LogP contribution in [0.1, 0.15) is 33.3 Å². The van der Waals surface area contributed by atoms with Gasteiger partial charge in [-0.25, -0.2) is 0 Å². The molecule has 1 aromatic carbocycles. The normalized spacial score (nSPS) is 12.5. The third-order valence-corrected chi connectivity index (χ3v) is 3.27. The molecule has 4 N–H and O–H groups in total. The Morgan fingerprint density at radius 1 is 1.46 bits per heavy atom. The van der Waals surface area contributed by atoms with Crippen LogP contribution in [0.2, 0.25) is 0 Å². The first kappa shape index (κ1) is 21.2. The number of nitrogens with one attached hydrogen (secondary N) is 1. The molecule has 0 saturated heterocycles. The van der Waals surface area contributed by atoms with Crippen LogP contribution in [-0.2, 0) is 4.79 Å². The second-order valence-electron chi connectivity index (χ2n) is 6.90. The number of benzene rings is 1. The molecule has 0 aliphatic rings. The molecule has 0 aromatic heterocycles. The summed E-state index contributed by atoms with van der Waals surface area (Å²) in [5, 5.41) is 20.8. The first-order valence-corrected chi connectivity index (χ1v) is 8.24. The first-order valence-electron chi connectivity index (χ1n) is 8.24. The summed E-state index contributed by atoms with van der Waals surface area (Å²) in [6.07, 6.45) is 1.16. The second-order valence-corrected chi connectivity index (χ2v) is 6.90. The van der Waals surface area contributed by atoms with Crippen LogP contribution < -0.4 is 15.8 Å². The van der Waals surface area contributed by atoms with Crippen LogP contribution in [0.5, 0.6) is 5.75 Å². The fraction of sp³-hybridized carbons (Fsp3) is 0.421. The van der Waals surface area contributed by atoms with Crippen molar-refractivity contribution in [1.29, 1.82) is 5.26 Å². The molecule has 7 heteroatoms. The van der Waals surface area contributed by atoms with Gasteiger partial charge in [-0.3, -0.25) is 9.79 Å². The lowest BCUT2D eigenvalue weighted by atomic mass is 9.98. The van der Waals surface area contributed by atoms with Gasteiger partial charge in [-0.05, 0) is 30.5 Å². The van der Waals surface area contributed by atoms with Crippen molar-refractivity contribution in [2.24, 2.45) is 16.1 Å². The first-order chi connectivity index (χ1) is 12.2. The van der Waals surface area contributed by atoms with Crippen LogP contribution >= 0.6 is 0 Å². The molecule has 1 amide bonds. The highest BCUT2D eigenvalue weighted by Crippen LogP contribution is 2.25. The monoisotopic (exact) mass is 358 g/mol. The molecule has 0 saturated carbocycles. The standard InChI is InChI=1S/C19H26N4O3/c1-13(22-7-8-24)16(11-21)18(25)23-15-5-6-17(14(9-15)10-20)26-12-19(2,3)4/h5-6,9,11,24H,7-8,12,21H2,1-4H3,(H,23,25). The zero-order valence-corrected chi connectivity index (χ0v) is 15.7. The minimum atomic E-state index is -0.445. The number of nitriles is 1. The minimum absolute atomic E-state index is 0.0358. The molecule has 0 spiro atoms. The molecule has 0 atom stereocenters. The van der Waals surface area contributed by atoms with Crippen molar-refractivity contribution in [1.82, 2.24) is 0 Å². The highest BCUT2D eigenvalue weighted by Gasteiger charge is 2.15. The van der Waals surface area contributed by atoms with E-state index in [1.807, 2.05) is 20.8 Å². The molecule has 0 heterocycles. The van der Waals surface area contributed by atoms with E-state index in [9.17, 15) is 10.1 Å². The van der Waals surface area contributed by atoms with Gasteiger partial charge in [-0.2, -0.15) is 5.26 Å². The number of amides is 1. The summed E-state index contributed by atoms with van der Waals surface area (Å²) in [6, 6.07) is 6.93. The van der Waals surface area contributed by atoms with E-state index in [0.717, 1.165) is 6.20 Å². The molecule has 1 rings (SSSR count). The maximum Gasteiger partial charge on any atom is 0.258 e. The van der Waals surface area contributed by atoms with Gasteiger partial charge >= 0.3 is 0 Å². The van der Waals surface area contributed by atoms with Crippen LogP contribution in [0.4, 0.5) is 5.69 Å². The van der Waals surface area contributed by atoms with Crippen molar-refractivity contribution in [3.63, 3.8) is 0 Å². The number of aliphatic hydroxyl groups excluding tert-OH is 1. The largest absolute Gasteiger partial charge is 0.492 e. The Bertz CT molecular complexity index is 740. The summed E-state index contributed by atoms with van der Waals surface area (Å²) in [7, 11) is 0. The van der Waals surface area contributed by atoms with Crippen LogP contribution in [0.15, 0.2) is 35.0 Å². The number of anilines is 1. The van der Waals surface area contributed by atoms with E-state index in [4.69, 9.17) is 15.6 Å². The van der Waals surface area contributed by atoms with E-state index >= 15 is 0 Å². The topological polar surface area (TPSA) is 121 Å². The fourth-order valence-electron chi connectivity index (χ4n) is 1.98. The summed E-state index contributed by atoms with van der Waals surface area (Å²) < 4.78 is 5.69. The molecule has 0 fully saturated rings. The number of ether oxygens (including phenoxy) is 1. The number of rotatable bonds is 7. The Balaban J connectivity index is 2.93. The average molecular weight is 358 g/mol. The van der Waals surface area contributed by atoms with Crippen molar-refractivity contribution in [3.8, 4) is 11.8 Å². The van der Waals surface area contributed by atoms with Crippen LogP contribution in [0.3, 0.4) is 0 Å². The van der Waals surface area contributed by atoms with E-state index in [1.54, 1.807) is 25.1 Å². The molecule has 7 nitrogen and oxygen atoms in total. The molecule has 26 heavy (non-hydrogen) atoms. The van der Waals surface area contributed by atoms with Crippen molar-refractivity contribution < 1.29 is 14.6 Å². The summed E-state index contributed by atoms with van der Waals surface area (Å²) in [6.45, 7) is 8.29. The smallest absolute Gasteiger partial charge is 0.258 e. The van der Waals surface area contributed by atoms with Gasteiger partial charge in [0.1, 0.15) is 11.8 Å². The fourth-order valence-corrected chi connectivity index (χ4v) is 1.98. The summed E-state index contributed by atoms with van der Waals surface area (Å²) in [5.74, 6) is 0.0228. The van der Waals surface area contributed by atoms with Gasteiger partial charge in [0.15, 0.2) is 0 Å². The Labute approximate surface area is 154 Å². The number of aliphatic imine (C=N–C) groups is 1. The van der Waals surface area contributed by atoms with E-state index in [0.29, 0.717) is 29.3 Å². The van der Waals surface area contributed by atoms with E-state index < -0.39 is 5.91 Å². The van der Waals surface area contributed by atoms with Crippen LogP contribution in [0, 0.1) is 16.7 Å². The van der Waals surface area contributed by atoms with Gasteiger partial charge in [0.2, 0.25) is 0 Å². The molecular formula is C19H26N4O3. The van der Waals surface area contributed by atoms with Gasteiger partial charge < -0.3 is 20.9 Å². The van der Waals surface area contributed by atoms with Gasteiger partial charge in [0.05, 0.1) is 30.9 Å². The van der Waals surface area contributed by atoms with Crippen LogP contribution in [0.25, 0.3) is 0 Å². The van der Waals surface area contributed by atoms with Gasteiger partial charge in [0.25, 0.3) is 5.91 Å². The Kier molecular flexibility index (Phi) is 7.81. The van der Waals surface area contributed by atoms with Crippen molar-refractivity contribution in [2.45, 2.75) is 27.7 Å². The summed E-state index contributed by atoms with van der Waals surface area (Å²) >= 11 is 0. The number of hydrogen-bond donors (Lipinski definition) is 3. The molecule has 0 unspecified atom stereocenters. The molecule has 0 aliphatic heterocycles. The number of carbonyl (C=O) groups excluding carboxylic acids is 1. The predicted octanol–water partition coefficient (Wildman–Crippen LogP) is 2.22. The van der Waals surface area contributed by atoms with E-state index in [1.165, 1.54) is 0 Å². The Morgan fingerprint density at radius 2 is 2.15 bits per heavy atom. The number of nitrogens with zero attached hydrogens (tertiary/aromatic N) is 2. The van der Waals surface area contributed by atoms with E-state index in [-0.39, 0.29) is 24.1 Å². The molecule has 140 valence electrons. The lowest BCUT2D eigenvalue weighted by Crippen LogP contribution is -2.21. The maximum absolute atomic E-state index is 12.4. The number of hydrogen-bond acceptors (Lipinski definition) is 6. The number of nitrogens with two attached hydrogens (primary N) is 1. The SMILES string of the molecule is CC(=NCCO)C(=CN)C(=O)Nc1ccc(OCC(C)(C)C)c(C#N)c1. The van der Waals surface area contributed by atoms with Crippen LogP contribution in [-0.4, -0.2) is 36.5 Å². The lowest BCUT2D eigenvalue weighted by Gasteiger charge is -2.19. The quantitative estimate of drug-likeness (QED) is 0.510. The molecule has 0 radical (unpaired) electrons. The second kappa shape index (κ2) is 9.59. The third kappa shape index (κ3) is 6.57. The average Bonchev–Trinajstić information content (AvgIpc) is 2.58. The highest BCUT2D eigenvalue weighted by atomic mass is 16.5. The molecule has 1 aromatic rings. The lowest BCUT2D eigenvalue weighted by molar-refractivity contribution is -0.112. The zero-order chi connectivity index (χ0) is 19.7. The molecule has 0 bridgehead atoms. The predicted molar refractivity (Wildman–Crippen MR) is 102 cm³/mol. The van der Waals surface area contributed by atoms with Gasteiger partial charge in [0, 0.05) is 17.6 Å². The highest BCUT2D eigenvalue weighted by molar-refractivity contribution is 6.24. The van der Waals surface area contributed by atoms with Crippen molar-refractivity contribution in [3.05, 3.63) is 35.5 Å².